The molecule has 0 fully saturated rings. The zero-order chi connectivity index (χ0) is 15.1. The van der Waals surface area contributed by atoms with Crippen LogP contribution in [-0.4, -0.2) is 30.1 Å². The highest BCUT2D eigenvalue weighted by atomic mass is 79.9. The molecule has 0 heterocycles. The van der Waals surface area contributed by atoms with Crippen molar-refractivity contribution in [3.8, 4) is 0 Å². The van der Waals surface area contributed by atoms with Gasteiger partial charge in [-0.25, -0.2) is 0 Å². The van der Waals surface area contributed by atoms with Crippen LogP contribution < -0.4 is 0 Å². The quantitative estimate of drug-likeness (QED) is 0.816. The molecule has 0 aliphatic heterocycles. The molecule has 1 unspecified atom stereocenters. The molecule has 0 aliphatic carbocycles. The van der Waals surface area contributed by atoms with E-state index >= 15 is 0 Å². The summed E-state index contributed by atoms with van der Waals surface area (Å²) < 4.78 is 0.976. The van der Waals surface area contributed by atoms with Crippen molar-refractivity contribution in [1.82, 2.24) is 4.90 Å². The number of hydrogen-bond acceptors (Lipinski definition) is 2. The van der Waals surface area contributed by atoms with Crippen LogP contribution in [-0.2, 0) is 6.42 Å². The van der Waals surface area contributed by atoms with Crippen molar-refractivity contribution >= 4 is 15.9 Å². The normalized spacial score (nSPS) is 12.6. The van der Waals surface area contributed by atoms with Gasteiger partial charge in [0.2, 0.25) is 0 Å². The van der Waals surface area contributed by atoms with Gasteiger partial charge >= 0.3 is 0 Å². The molecule has 2 rings (SSSR count). The Bertz CT molecular complexity index is 544. The number of aliphatic hydroxyl groups is 1. The molecule has 2 aromatic carbocycles. The molecule has 0 saturated heterocycles. The van der Waals surface area contributed by atoms with E-state index in [0.29, 0.717) is 0 Å². The second-order valence-electron chi connectivity index (χ2n) is 5.36. The molecular weight excluding hydrogens is 326 g/mol. The molecule has 2 aromatic rings. The molecule has 21 heavy (non-hydrogen) atoms. The van der Waals surface area contributed by atoms with E-state index in [2.05, 4.69) is 52.1 Å². The zero-order valence-electron chi connectivity index (χ0n) is 12.4. The van der Waals surface area contributed by atoms with Crippen LogP contribution in [0.1, 0.15) is 23.7 Å². The summed E-state index contributed by atoms with van der Waals surface area (Å²) in [5.74, 6) is 0. The van der Waals surface area contributed by atoms with E-state index in [4.69, 9.17) is 0 Å². The fraction of sp³-hybridized carbons (Fsp3) is 0.333. The lowest BCUT2D eigenvalue weighted by atomic mass is 10.1. The lowest BCUT2D eigenvalue weighted by Gasteiger charge is -2.19. The summed E-state index contributed by atoms with van der Waals surface area (Å²) in [6.07, 6.45) is 1.37. The van der Waals surface area contributed by atoms with E-state index in [0.717, 1.165) is 36.0 Å². The number of hydrogen-bond donors (Lipinski definition) is 1. The van der Waals surface area contributed by atoms with Gasteiger partial charge in [0.25, 0.3) is 0 Å². The molecule has 0 radical (unpaired) electrons. The van der Waals surface area contributed by atoms with Crippen LogP contribution in [0.15, 0.2) is 59.1 Å². The molecule has 0 saturated carbocycles. The van der Waals surface area contributed by atoms with Gasteiger partial charge in [0, 0.05) is 17.6 Å². The van der Waals surface area contributed by atoms with Gasteiger partial charge in [-0.05, 0) is 37.1 Å². The fourth-order valence-electron chi connectivity index (χ4n) is 2.32. The third-order valence-electron chi connectivity index (χ3n) is 3.67. The van der Waals surface area contributed by atoms with Gasteiger partial charge in [0.05, 0.1) is 6.10 Å². The lowest BCUT2D eigenvalue weighted by molar-refractivity contribution is 0.149. The Balaban J connectivity index is 1.76. The summed E-state index contributed by atoms with van der Waals surface area (Å²) in [4.78, 5) is 2.27. The van der Waals surface area contributed by atoms with Crippen LogP contribution in [0.4, 0.5) is 0 Å². The van der Waals surface area contributed by atoms with Gasteiger partial charge in [-0.1, -0.05) is 64.5 Å². The summed E-state index contributed by atoms with van der Waals surface area (Å²) in [6.45, 7) is 1.89. The molecule has 1 N–H and O–H groups in total. The maximum atomic E-state index is 10.3. The van der Waals surface area contributed by atoms with Crippen molar-refractivity contribution < 1.29 is 5.11 Å². The maximum absolute atomic E-state index is 10.3. The average molecular weight is 348 g/mol. The second kappa shape index (κ2) is 8.32. The number of nitrogens with zero attached hydrogens (tertiary/aromatic N) is 1. The highest BCUT2D eigenvalue weighted by Gasteiger charge is 2.11. The van der Waals surface area contributed by atoms with Gasteiger partial charge in [-0.3, -0.25) is 0 Å². The molecule has 0 spiro atoms. The largest absolute Gasteiger partial charge is 0.388 e. The molecule has 0 bridgehead atoms. The van der Waals surface area contributed by atoms with Gasteiger partial charge in [0.15, 0.2) is 0 Å². The molecule has 0 aliphatic rings. The van der Waals surface area contributed by atoms with Crippen molar-refractivity contribution in [2.45, 2.75) is 18.9 Å². The Morgan fingerprint density at radius 1 is 1.00 bits per heavy atom. The Hall–Kier alpha value is -1.16. The summed E-state index contributed by atoms with van der Waals surface area (Å²) in [5.41, 5.74) is 2.32. The third-order valence-corrected chi connectivity index (χ3v) is 4.40. The number of aliphatic hydroxyl groups excluding tert-OH is 1. The molecule has 2 nitrogen and oxygen atoms in total. The first-order valence-electron chi connectivity index (χ1n) is 7.32. The van der Waals surface area contributed by atoms with Crippen molar-refractivity contribution in [2.75, 3.05) is 20.1 Å². The minimum absolute atomic E-state index is 0.417. The smallest absolute Gasteiger partial charge is 0.0813 e. The second-order valence-corrected chi connectivity index (χ2v) is 6.22. The van der Waals surface area contributed by atoms with E-state index < -0.39 is 6.10 Å². The van der Waals surface area contributed by atoms with Crippen LogP contribution >= 0.6 is 15.9 Å². The standard InChI is InChI=1S/C18H22BrNO/c1-20(13-11-15-7-3-2-4-8-15)14-12-18(21)16-9-5-6-10-17(16)19/h2-10,18,21H,11-14H2,1H3. The van der Waals surface area contributed by atoms with Gasteiger partial charge < -0.3 is 10.0 Å². The highest BCUT2D eigenvalue weighted by molar-refractivity contribution is 9.10. The molecule has 112 valence electrons. The topological polar surface area (TPSA) is 23.5 Å². The van der Waals surface area contributed by atoms with Crippen LogP contribution in [0, 0.1) is 0 Å². The summed E-state index contributed by atoms with van der Waals surface area (Å²) >= 11 is 3.49. The highest BCUT2D eigenvalue weighted by Crippen LogP contribution is 2.25. The predicted octanol–water partition coefficient (Wildman–Crippen LogP) is 4.05. The minimum atomic E-state index is -0.417. The van der Waals surface area contributed by atoms with Gasteiger partial charge in [-0.15, -0.1) is 0 Å². The van der Waals surface area contributed by atoms with Crippen LogP contribution in [0.3, 0.4) is 0 Å². The van der Waals surface area contributed by atoms with E-state index in [1.54, 1.807) is 0 Å². The maximum Gasteiger partial charge on any atom is 0.0813 e. The van der Waals surface area contributed by atoms with Crippen LogP contribution in [0.5, 0.6) is 0 Å². The Kier molecular flexibility index (Phi) is 6.43. The zero-order valence-corrected chi connectivity index (χ0v) is 14.0. The summed E-state index contributed by atoms with van der Waals surface area (Å²) in [6, 6.07) is 18.4. The molecule has 0 aromatic heterocycles. The fourth-order valence-corrected chi connectivity index (χ4v) is 2.87. The number of halogens is 1. The SMILES string of the molecule is CN(CCc1ccccc1)CCC(O)c1ccccc1Br. The van der Waals surface area contributed by atoms with Crippen LogP contribution in [0.2, 0.25) is 0 Å². The van der Waals surface area contributed by atoms with Gasteiger partial charge in [0.1, 0.15) is 0 Å². The van der Waals surface area contributed by atoms with E-state index in [9.17, 15) is 5.11 Å². The molecular formula is C18H22BrNO. The lowest BCUT2D eigenvalue weighted by Crippen LogP contribution is -2.24. The van der Waals surface area contributed by atoms with Crippen molar-refractivity contribution in [2.24, 2.45) is 0 Å². The van der Waals surface area contributed by atoms with Crippen molar-refractivity contribution in [1.29, 1.82) is 0 Å². The summed E-state index contributed by atoms with van der Waals surface area (Å²) in [7, 11) is 2.11. The minimum Gasteiger partial charge on any atom is -0.388 e. The Morgan fingerprint density at radius 2 is 1.67 bits per heavy atom. The van der Waals surface area contributed by atoms with E-state index in [1.165, 1.54) is 5.56 Å². The monoisotopic (exact) mass is 347 g/mol. The van der Waals surface area contributed by atoms with Crippen molar-refractivity contribution in [3.05, 3.63) is 70.2 Å². The number of benzene rings is 2. The predicted molar refractivity (Wildman–Crippen MR) is 91.4 cm³/mol. The Morgan fingerprint density at radius 3 is 2.38 bits per heavy atom. The average Bonchev–Trinajstić information content (AvgIpc) is 2.52. The van der Waals surface area contributed by atoms with E-state index in [-0.39, 0.29) is 0 Å². The number of likely N-dealkylation sites (N-methyl/N-ethyl adjacent to an activating group) is 1. The first-order valence-corrected chi connectivity index (χ1v) is 8.11. The van der Waals surface area contributed by atoms with Gasteiger partial charge in [-0.2, -0.15) is 0 Å². The molecule has 0 amide bonds. The van der Waals surface area contributed by atoms with E-state index in [1.807, 2.05) is 30.3 Å². The first kappa shape index (κ1) is 16.2. The van der Waals surface area contributed by atoms with Crippen molar-refractivity contribution in [3.63, 3.8) is 0 Å². The Labute approximate surface area is 135 Å². The molecule has 3 heteroatoms. The first-order chi connectivity index (χ1) is 10.2. The third kappa shape index (κ3) is 5.27. The number of rotatable bonds is 7. The summed E-state index contributed by atoms with van der Waals surface area (Å²) in [5, 5.41) is 10.3. The van der Waals surface area contributed by atoms with Crippen LogP contribution in [0.25, 0.3) is 0 Å². The molecule has 1 atom stereocenters.